The van der Waals surface area contributed by atoms with Crippen molar-refractivity contribution in [1.29, 1.82) is 0 Å². The van der Waals surface area contributed by atoms with E-state index in [4.69, 9.17) is 9.97 Å². The van der Waals surface area contributed by atoms with E-state index >= 15 is 0 Å². The summed E-state index contributed by atoms with van der Waals surface area (Å²) in [6, 6.07) is 16.1. The molecule has 5 rings (SSSR count). The molecule has 3 heterocycles. The third-order valence-electron chi connectivity index (χ3n) is 5.94. The Balaban J connectivity index is 1.33. The first-order valence-electron chi connectivity index (χ1n) is 9.88. The van der Waals surface area contributed by atoms with Crippen molar-refractivity contribution >= 4 is 32.5 Å². The zero-order chi connectivity index (χ0) is 19.1. The number of para-hydroxylation sites is 2. The average Bonchev–Trinajstić information content (AvgIpc) is 3.18. The molecular formula is C22H23N4OS+. The monoisotopic (exact) mass is 391 g/mol. The van der Waals surface area contributed by atoms with Crippen LogP contribution in [0, 0.1) is 0 Å². The molecule has 0 unspecified atom stereocenters. The lowest BCUT2D eigenvalue weighted by Crippen LogP contribution is -3.13. The van der Waals surface area contributed by atoms with E-state index in [2.05, 4.69) is 36.2 Å². The molecule has 28 heavy (non-hydrogen) atoms. The number of H-pyrrole nitrogens is 1. The van der Waals surface area contributed by atoms with E-state index in [9.17, 15) is 4.79 Å². The van der Waals surface area contributed by atoms with E-state index in [1.807, 2.05) is 35.6 Å². The minimum atomic E-state index is -0.0452. The summed E-state index contributed by atoms with van der Waals surface area (Å²) in [7, 11) is 0. The summed E-state index contributed by atoms with van der Waals surface area (Å²) < 4.78 is 1.28. The molecule has 1 atom stereocenters. The number of rotatable bonds is 3. The van der Waals surface area contributed by atoms with Gasteiger partial charge in [0.25, 0.3) is 5.56 Å². The van der Waals surface area contributed by atoms with Crippen molar-refractivity contribution in [2.24, 2.45) is 0 Å². The van der Waals surface area contributed by atoms with Crippen LogP contribution in [0.4, 0.5) is 0 Å². The molecule has 0 bridgehead atoms. The second kappa shape index (κ2) is 7.11. The molecular weight excluding hydrogens is 368 g/mol. The normalized spacial score (nSPS) is 21.2. The smallest absolute Gasteiger partial charge is 0.258 e. The molecule has 1 aliphatic heterocycles. The Bertz CT molecular complexity index is 1160. The topological polar surface area (TPSA) is 63.1 Å². The molecule has 0 aliphatic carbocycles. The van der Waals surface area contributed by atoms with Gasteiger partial charge in [0.05, 0.1) is 39.2 Å². The maximum Gasteiger partial charge on any atom is 0.258 e. The molecule has 0 spiro atoms. The molecule has 2 aromatic heterocycles. The van der Waals surface area contributed by atoms with Gasteiger partial charge in [-0.3, -0.25) is 4.79 Å². The number of hydrogen-bond donors (Lipinski definition) is 2. The number of quaternary nitrogens is 1. The van der Waals surface area contributed by atoms with Gasteiger partial charge in [0.2, 0.25) is 0 Å². The van der Waals surface area contributed by atoms with Gasteiger partial charge < -0.3 is 9.88 Å². The van der Waals surface area contributed by atoms with Crippen LogP contribution in [0.15, 0.2) is 53.3 Å². The Morgan fingerprint density at radius 3 is 2.54 bits per heavy atom. The van der Waals surface area contributed by atoms with Gasteiger partial charge in [0, 0.05) is 18.8 Å². The van der Waals surface area contributed by atoms with Gasteiger partial charge >= 0.3 is 0 Å². The number of aromatic amines is 1. The zero-order valence-corrected chi connectivity index (χ0v) is 16.6. The van der Waals surface area contributed by atoms with Crippen molar-refractivity contribution < 1.29 is 4.90 Å². The molecule has 0 saturated carbocycles. The number of fused-ring (bicyclic) bond motifs is 2. The SMILES string of the molecule is C[C@@H](c1nc2ccccc2c(=O)[nH]1)[NH+]1CCC(c2nc3ccccc3s2)CC1. The fourth-order valence-electron chi connectivity index (χ4n) is 4.24. The fraction of sp³-hybridized carbons (Fsp3) is 0.318. The molecule has 0 amide bonds. The predicted molar refractivity (Wildman–Crippen MR) is 113 cm³/mol. The summed E-state index contributed by atoms with van der Waals surface area (Å²) in [6.45, 7) is 4.30. The van der Waals surface area contributed by atoms with Gasteiger partial charge in [-0.25, -0.2) is 9.97 Å². The van der Waals surface area contributed by atoms with Crippen LogP contribution in [0.1, 0.15) is 42.6 Å². The van der Waals surface area contributed by atoms with Crippen molar-refractivity contribution in [2.45, 2.75) is 31.7 Å². The minimum absolute atomic E-state index is 0.0452. The highest BCUT2D eigenvalue weighted by Gasteiger charge is 2.30. The molecule has 6 heteroatoms. The molecule has 1 fully saturated rings. The van der Waals surface area contributed by atoms with Crippen molar-refractivity contribution in [1.82, 2.24) is 15.0 Å². The molecule has 2 aromatic carbocycles. The Morgan fingerprint density at radius 2 is 1.75 bits per heavy atom. The van der Waals surface area contributed by atoms with Crippen LogP contribution in [0.3, 0.4) is 0 Å². The maximum atomic E-state index is 12.4. The standard InChI is InChI=1S/C22H22N4OS/c1-14(20-23-17-7-3-2-6-16(17)21(27)25-20)26-12-10-15(11-13-26)22-24-18-8-4-5-9-19(18)28-22/h2-9,14-15H,10-13H2,1H3,(H,23,25,27)/p+1/t14-/m0/s1. The third-order valence-corrected chi connectivity index (χ3v) is 7.14. The van der Waals surface area contributed by atoms with Gasteiger partial charge in [-0.15, -0.1) is 11.3 Å². The fourth-order valence-corrected chi connectivity index (χ4v) is 5.37. The van der Waals surface area contributed by atoms with Gasteiger partial charge in [-0.2, -0.15) is 0 Å². The van der Waals surface area contributed by atoms with Crippen molar-refractivity contribution in [2.75, 3.05) is 13.1 Å². The van der Waals surface area contributed by atoms with Gasteiger partial charge in [-0.05, 0) is 31.2 Å². The van der Waals surface area contributed by atoms with Gasteiger partial charge in [0.1, 0.15) is 6.04 Å². The molecule has 1 aliphatic rings. The lowest BCUT2D eigenvalue weighted by molar-refractivity contribution is -0.935. The van der Waals surface area contributed by atoms with Gasteiger partial charge in [-0.1, -0.05) is 24.3 Å². The van der Waals surface area contributed by atoms with E-state index in [1.54, 1.807) is 0 Å². The summed E-state index contributed by atoms with van der Waals surface area (Å²) in [4.78, 5) is 26.5. The molecule has 5 nitrogen and oxygen atoms in total. The Kier molecular flexibility index (Phi) is 4.45. The van der Waals surface area contributed by atoms with Crippen LogP contribution in [0.25, 0.3) is 21.1 Å². The van der Waals surface area contributed by atoms with Crippen LogP contribution in [0.5, 0.6) is 0 Å². The molecule has 0 radical (unpaired) electrons. The minimum Gasteiger partial charge on any atom is -0.326 e. The van der Waals surface area contributed by atoms with Crippen molar-refractivity contribution in [3.8, 4) is 0 Å². The average molecular weight is 392 g/mol. The number of nitrogens with one attached hydrogen (secondary N) is 2. The van der Waals surface area contributed by atoms with E-state index in [-0.39, 0.29) is 11.6 Å². The highest BCUT2D eigenvalue weighted by atomic mass is 32.1. The summed E-state index contributed by atoms with van der Waals surface area (Å²) >= 11 is 1.83. The van der Waals surface area contributed by atoms with E-state index in [1.165, 1.54) is 14.6 Å². The first kappa shape index (κ1) is 17.5. The highest BCUT2D eigenvalue weighted by Crippen LogP contribution is 2.31. The van der Waals surface area contributed by atoms with Crippen LogP contribution >= 0.6 is 11.3 Å². The largest absolute Gasteiger partial charge is 0.326 e. The number of aromatic nitrogens is 3. The van der Waals surface area contributed by atoms with Crippen LogP contribution in [-0.2, 0) is 0 Å². The Morgan fingerprint density at radius 1 is 1.04 bits per heavy atom. The highest BCUT2D eigenvalue weighted by molar-refractivity contribution is 7.18. The lowest BCUT2D eigenvalue weighted by Gasteiger charge is -2.32. The van der Waals surface area contributed by atoms with Crippen LogP contribution in [0.2, 0.25) is 0 Å². The second-order valence-electron chi connectivity index (χ2n) is 7.64. The predicted octanol–water partition coefficient (Wildman–Crippen LogP) is 3.06. The van der Waals surface area contributed by atoms with Crippen molar-refractivity contribution in [3.63, 3.8) is 0 Å². The molecule has 4 aromatic rings. The molecule has 142 valence electrons. The Labute approximate surface area is 167 Å². The maximum absolute atomic E-state index is 12.4. The lowest BCUT2D eigenvalue weighted by atomic mass is 9.96. The number of nitrogens with zero attached hydrogens (tertiary/aromatic N) is 2. The quantitative estimate of drug-likeness (QED) is 0.564. The number of thiazole rings is 1. The number of piperidine rings is 1. The van der Waals surface area contributed by atoms with E-state index < -0.39 is 0 Å². The molecule has 1 saturated heterocycles. The zero-order valence-electron chi connectivity index (χ0n) is 15.8. The van der Waals surface area contributed by atoms with Crippen LogP contribution < -0.4 is 10.5 Å². The number of likely N-dealkylation sites (tertiary alicyclic amines) is 1. The Hall–Kier alpha value is -2.57. The summed E-state index contributed by atoms with van der Waals surface area (Å²) in [5.74, 6) is 1.33. The van der Waals surface area contributed by atoms with Gasteiger partial charge in [0.15, 0.2) is 5.82 Å². The van der Waals surface area contributed by atoms with Crippen molar-refractivity contribution in [3.05, 3.63) is 69.7 Å². The summed E-state index contributed by atoms with van der Waals surface area (Å²) in [5.41, 5.74) is 1.84. The van der Waals surface area contributed by atoms with E-state index in [0.29, 0.717) is 11.3 Å². The summed E-state index contributed by atoms with van der Waals surface area (Å²) in [6.07, 6.45) is 2.24. The van der Waals surface area contributed by atoms with Crippen LogP contribution in [-0.4, -0.2) is 28.0 Å². The summed E-state index contributed by atoms with van der Waals surface area (Å²) in [5, 5.41) is 1.92. The first-order valence-corrected chi connectivity index (χ1v) is 10.7. The number of benzene rings is 2. The molecule has 2 N–H and O–H groups in total. The first-order chi connectivity index (χ1) is 13.7. The second-order valence-corrected chi connectivity index (χ2v) is 8.70. The van der Waals surface area contributed by atoms with E-state index in [0.717, 1.165) is 42.8 Å². The number of hydrogen-bond acceptors (Lipinski definition) is 4. The third kappa shape index (κ3) is 3.12.